The van der Waals surface area contributed by atoms with Crippen LogP contribution in [0.25, 0.3) is 0 Å². The maximum atomic E-state index is 12.8. The van der Waals surface area contributed by atoms with Gasteiger partial charge >= 0.3 is 6.18 Å². The molecule has 1 unspecified atom stereocenters. The lowest BCUT2D eigenvalue weighted by molar-refractivity contribution is -0.137. The van der Waals surface area contributed by atoms with Gasteiger partial charge in [0, 0.05) is 39.6 Å². The van der Waals surface area contributed by atoms with Crippen LogP contribution >= 0.6 is 0 Å². The first-order chi connectivity index (χ1) is 12.3. The van der Waals surface area contributed by atoms with Crippen molar-refractivity contribution in [3.8, 4) is 0 Å². The molecule has 26 heavy (non-hydrogen) atoms. The van der Waals surface area contributed by atoms with Crippen molar-refractivity contribution in [1.29, 1.82) is 0 Å². The largest absolute Gasteiger partial charge is 0.416 e. The number of alkyl halides is 3. The lowest BCUT2D eigenvalue weighted by Gasteiger charge is -2.16. The van der Waals surface area contributed by atoms with Crippen LogP contribution in [0.2, 0.25) is 0 Å². The van der Waals surface area contributed by atoms with Gasteiger partial charge in [-0.25, -0.2) is 0 Å². The van der Waals surface area contributed by atoms with Gasteiger partial charge in [-0.2, -0.15) is 13.2 Å². The van der Waals surface area contributed by atoms with E-state index in [-0.39, 0.29) is 5.92 Å². The van der Waals surface area contributed by atoms with Gasteiger partial charge in [0.05, 0.1) is 5.56 Å². The predicted molar refractivity (Wildman–Crippen MR) is 98.1 cm³/mol. The molecule has 0 aliphatic rings. The second kappa shape index (κ2) is 8.78. The third-order valence-corrected chi connectivity index (χ3v) is 4.23. The molecular weight excluding hydrogens is 341 g/mol. The smallest absolute Gasteiger partial charge is 0.357 e. The van der Waals surface area contributed by atoms with E-state index in [0.29, 0.717) is 31.0 Å². The third kappa shape index (κ3) is 5.82. The monoisotopic (exact) mass is 366 g/mol. The first-order valence-electron chi connectivity index (χ1n) is 8.52. The van der Waals surface area contributed by atoms with Crippen LogP contribution in [0.15, 0.2) is 47.7 Å². The molecule has 0 amide bonds. The molecule has 0 aliphatic carbocycles. The number of nitrogens with zero attached hydrogens (tertiary/aromatic N) is 2. The summed E-state index contributed by atoms with van der Waals surface area (Å²) in [6.07, 6.45) is 0.394. The maximum Gasteiger partial charge on any atom is 0.416 e. The minimum atomic E-state index is -4.31. The third-order valence-electron chi connectivity index (χ3n) is 4.23. The Bertz CT molecular complexity index is 734. The van der Waals surface area contributed by atoms with E-state index in [1.807, 2.05) is 37.0 Å². The molecule has 1 aromatic carbocycles. The molecule has 2 rings (SSSR count). The van der Waals surface area contributed by atoms with Gasteiger partial charge in [0.2, 0.25) is 0 Å². The first kappa shape index (κ1) is 19.9. The molecule has 142 valence electrons. The van der Waals surface area contributed by atoms with Gasteiger partial charge in [-0.15, -0.1) is 0 Å². The Kier molecular flexibility index (Phi) is 6.71. The van der Waals surface area contributed by atoms with Gasteiger partial charge in [-0.05, 0) is 35.6 Å². The molecule has 0 saturated heterocycles. The van der Waals surface area contributed by atoms with Crippen molar-refractivity contribution < 1.29 is 13.2 Å². The molecule has 2 aromatic rings. The summed E-state index contributed by atoms with van der Waals surface area (Å²) in [5.74, 6) is 0.683. The highest BCUT2D eigenvalue weighted by Crippen LogP contribution is 2.31. The highest BCUT2D eigenvalue weighted by molar-refractivity contribution is 5.79. The van der Waals surface area contributed by atoms with E-state index in [9.17, 15) is 13.2 Å². The Morgan fingerprint density at radius 1 is 1.23 bits per heavy atom. The van der Waals surface area contributed by atoms with Crippen molar-refractivity contribution in [3.05, 3.63) is 59.4 Å². The number of aryl methyl sites for hydroxylation is 1. The van der Waals surface area contributed by atoms with Crippen LogP contribution in [-0.2, 0) is 19.8 Å². The van der Waals surface area contributed by atoms with Crippen molar-refractivity contribution >= 4 is 5.96 Å². The Hall–Kier alpha value is -2.44. The molecule has 0 spiro atoms. The van der Waals surface area contributed by atoms with Gasteiger partial charge in [0.15, 0.2) is 5.96 Å². The van der Waals surface area contributed by atoms with E-state index in [1.165, 1.54) is 12.1 Å². The molecule has 2 N–H and O–H groups in total. The summed E-state index contributed by atoms with van der Waals surface area (Å²) in [7, 11) is 3.66. The number of hydrogen-bond acceptors (Lipinski definition) is 1. The van der Waals surface area contributed by atoms with Crippen molar-refractivity contribution in [2.45, 2.75) is 32.0 Å². The van der Waals surface area contributed by atoms with Crippen molar-refractivity contribution in [2.24, 2.45) is 12.0 Å². The highest BCUT2D eigenvalue weighted by atomic mass is 19.4. The lowest BCUT2D eigenvalue weighted by Crippen LogP contribution is -2.37. The quantitative estimate of drug-likeness (QED) is 0.601. The van der Waals surface area contributed by atoms with E-state index >= 15 is 0 Å². The maximum absolute atomic E-state index is 12.8. The molecule has 1 heterocycles. The fourth-order valence-electron chi connectivity index (χ4n) is 2.67. The highest BCUT2D eigenvalue weighted by Gasteiger charge is 2.30. The molecule has 0 saturated carbocycles. The predicted octanol–water partition coefficient (Wildman–Crippen LogP) is 3.90. The molecule has 7 heteroatoms. The zero-order valence-electron chi connectivity index (χ0n) is 15.3. The summed E-state index contributed by atoms with van der Waals surface area (Å²) in [5.41, 5.74) is 1.23. The van der Waals surface area contributed by atoms with Crippen LogP contribution in [0.5, 0.6) is 0 Å². The molecule has 0 bridgehead atoms. The number of rotatable bonds is 6. The Morgan fingerprint density at radius 2 is 2.00 bits per heavy atom. The van der Waals surface area contributed by atoms with E-state index in [4.69, 9.17) is 0 Å². The molecular formula is C19H25F3N4. The lowest BCUT2D eigenvalue weighted by atomic mass is 9.96. The number of halogens is 3. The molecule has 0 aliphatic heterocycles. The molecule has 1 atom stereocenters. The van der Waals surface area contributed by atoms with Crippen LogP contribution in [0.3, 0.4) is 0 Å². The molecule has 4 nitrogen and oxygen atoms in total. The molecule has 1 aromatic heterocycles. The number of benzene rings is 1. The SMILES string of the molecule is CN=C(NCCC(C)c1cccc(C(F)(F)F)c1)NCc1ccn(C)c1. The van der Waals surface area contributed by atoms with E-state index in [1.54, 1.807) is 13.1 Å². The normalized spacial score (nSPS) is 13.5. The standard InChI is InChI=1S/C19H25F3N4/c1-14(16-5-4-6-17(11-16)19(20,21)22)7-9-24-18(23-2)25-12-15-8-10-26(3)13-15/h4-6,8,10-11,13-14H,7,9,12H2,1-3H3,(H2,23,24,25). The van der Waals surface area contributed by atoms with Crippen LogP contribution < -0.4 is 10.6 Å². The summed E-state index contributed by atoms with van der Waals surface area (Å²) in [6.45, 7) is 3.20. The first-order valence-corrected chi connectivity index (χ1v) is 8.52. The number of hydrogen-bond donors (Lipinski definition) is 2. The molecule has 0 fully saturated rings. The average molecular weight is 366 g/mol. The zero-order valence-corrected chi connectivity index (χ0v) is 15.3. The van der Waals surface area contributed by atoms with Gasteiger partial charge in [0.25, 0.3) is 0 Å². The van der Waals surface area contributed by atoms with Gasteiger partial charge < -0.3 is 15.2 Å². The van der Waals surface area contributed by atoms with E-state index < -0.39 is 11.7 Å². The summed E-state index contributed by atoms with van der Waals surface area (Å²) in [4.78, 5) is 4.16. The number of aliphatic imine (C=N–C) groups is 1. The van der Waals surface area contributed by atoms with Gasteiger partial charge in [0.1, 0.15) is 0 Å². The van der Waals surface area contributed by atoms with E-state index in [0.717, 1.165) is 11.6 Å². The van der Waals surface area contributed by atoms with E-state index in [2.05, 4.69) is 15.6 Å². The fourth-order valence-corrected chi connectivity index (χ4v) is 2.67. The number of guanidine groups is 1. The average Bonchev–Trinajstić information content (AvgIpc) is 3.02. The Labute approximate surface area is 152 Å². The van der Waals surface area contributed by atoms with Crippen LogP contribution in [0.1, 0.15) is 36.0 Å². The fraction of sp³-hybridized carbons (Fsp3) is 0.421. The van der Waals surface area contributed by atoms with Crippen molar-refractivity contribution in [3.63, 3.8) is 0 Å². The number of aromatic nitrogens is 1. The van der Waals surface area contributed by atoms with Gasteiger partial charge in [-0.1, -0.05) is 25.1 Å². The van der Waals surface area contributed by atoms with Crippen LogP contribution in [0.4, 0.5) is 13.2 Å². The Morgan fingerprint density at radius 3 is 2.62 bits per heavy atom. The van der Waals surface area contributed by atoms with Crippen LogP contribution in [-0.4, -0.2) is 24.1 Å². The van der Waals surface area contributed by atoms with Crippen molar-refractivity contribution in [2.75, 3.05) is 13.6 Å². The minimum absolute atomic E-state index is 0.0111. The summed E-state index contributed by atoms with van der Waals surface area (Å²) < 4.78 is 40.4. The summed E-state index contributed by atoms with van der Waals surface area (Å²) in [5, 5.41) is 6.42. The molecule has 0 radical (unpaired) electrons. The second-order valence-electron chi connectivity index (χ2n) is 6.35. The summed E-state index contributed by atoms with van der Waals surface area (Å²) in [6, 6.07) is 7.55. The van der Waals surface area contributed by atoms with Crippen LogP contribution in [0, 0.1) is 0 Å². The Balaban J connectivity index is 1.82. The number of nitrogens with one attached hydrogen (secondary N) is 2. The summed E-state index contributed by atoms with van der Waals surface area (Å²) >= 11 is 0. The minimum Gasteiger partial charge on any atom is -0.357 e. The zero-order chi connectivity index (χ0) is 19.2. The topological polar surface area (TPSA) is 41.4 Å². The van der Waals surface area contributed by atoms with Gasteiger partial charge in [-0.3, -0.25) is 4.99 Å². The second-order valence-corrected chi connectivity index (χ2v) is 6.35. The van der Waals surface area contributed by atoms with Crippen molar-refractivity contribution in [1.82, 2.24) is 15.2 Å².